The molecule has 96 valence electrons. The third-order valence-corrected chi connectivity index (χ3v) is 5.15. The van der Waals surface area contributed by atoms with E-state index in [1.54, 1.807) is 0 Å². The fourth-order valence-corrected chi connectivity index (χ4v) is 4.00. The quantitative estimate of drug-likeness (QED) is 0.586. The van der Waals surface area contributed by atoms with Crippen LogP contribution < -0.4 is 0 Å². The van der Waals surface area contributed by atoms with E-state index < -0.39 is 11.6 Å². The summed E-state index contributed by atoms with van der Waals surface area (Å²) in [7, 11) is 0. The lowest BCUT2D eigenvalue weighted by molar-refractivity contribution is 0.0873. The molecule has 1 aromatic rings. The van der Waals surface area contributed by atoms with Crippen LogP contribution in [0.4, 0.5) is 8.78 Å². The highest BCUT2D eigenvalue weighted by molar-refractivity contribution is 9.10. The van der Waals surface area contributed by atoms with E-state index in [0.717, 1.165) is 25.3 Å². The molecule has 0 radical (unpaired) electrons. The van der Waals surface area contributed by atoms with Gasteiger partial charge < -0.3 is 0 Å². The highest BCUT2D eigenvalue weighted by Gasteiger charge is 2.43. The van der Waals surface area contributed by atoms with Gasteiger partial charge in [-0.15, -0.1) is 0 Å². The minimum Gasteiger partial charge on any atom is -0.294 e. The van der Waals surface area contributed by atoms with Crippen molar-refractivity contribution in [2.75, 3.05) is 0 Å². The average Bonchev–Trinajstić information content (AvgIpc) is 2.97. The molecular formula is C14H13BrF2O. The Hall–Kier alpha value is -0.770. The van der Waals surface area contributed by atoms with Crippen molar-refractivity contribution in [1.82, 2.24) is 0 Å². The van der Waals surface area contributed by atoms with Crippen LogP contribution in [0.1, 0.15) is 36.0 Å². The molecule has 4 heteroatoms. The van der Waals surface area contributed by atoms with E-state index in [0.29, 0.717) is 11.8 Å². The van der Waals surface area contributed by atoms with Crippen molar-refractivity contribution >= 4 is 21.7 Å². The number of carbonyl (C=O) groups excluding carboxylic acids is 1. The number of ketones is 1. The van der Waals surface area contributed by atoms with Crippen LogP contribution in [0.5, 0.6) is 0 Å². The van der Waals surface area contributed by atoms with Gasteiger partial charge in [0.15, 0.2) is 17.4 Å². The summed E-state index contributed by atoms with van der Waals surface area (Å²) < 4.78 is 26.5. The standard InChI is InChI=1S/C14H13BrF2O/c15-12-9(3-4-11(16)13(12)17)14(18)10-6-7-1-2-8(10)5-7/h3-4,7-8,10H,1-2,5-6H2. The van der Waals surface area contributed by atoms with Gasteiger partial charge in [-0.25, -0.2) is 8.78 Å². The summed E-state index contributed by atoms with van der Waals surface area (Å²) in [5, 5.41) is 0. The maximum absolute atomic E-state index is 13.5. The van der Waals surface area contributed by atoms with Crippen molar-refractivity contribution < 1.29 is 13.6 Å². The normalized spacial score (nSPS) is 29.8. The van der Waals surface area contributed by atoms with Crippen LogP contribution in [0.2, 0.25) is 0 Å². The van der Waals surface area contributed by atoms with Crippen LogP contribution in [0.25, 0.3) is 0 Å². The first-order valence-corrected chi connectivity index (χ1v) is 7.05. The highest BCUT2D eigenvalue weighted by Crippen LogP contribution is 2.49. The molecule has 2 fully saturated rings. The minimum absolute atomic E-state index is 0.00455. The van der Waals surface area contributed by atoms with Crippen LogP contribution in [-0.2, 0) is 0 Å². The van der Waals surface area contributed by atoms with Crippen LogP contribution in [0.15, 0.2) is 16.6 Å². The molecule has 2 bridgehead atoms. The topological polar surface area (TPSA) is 17.1 Å². The Morgan fingerprint density at radius 1 is 1.22 bits per heavy atom. The maximum Gasteiger partial charge on any atom is 0.173 e. The number of hydrogen-bond acceptors (Lipinski definition) is 1. The van der Waals surface area contributed by atoms with Crippen molar-refractivity contribution in [1.29, 1.82) is 0 Å². The number of fused-ring (bicyclic) bond motifs is 2. The number of rotatable bonds is 2. The lowest BCUT2D eigenvalue weighted by atomic mass is 9.83. The van der Waals surface area contributed by atoms with E-state index >= 15 is 0 Å². The predicted molar refractivity (Wildman–Crippen MR) is 67.3 cm³/mol. The molecule has 0 amide bonds. The number of benzene rings is 1. The van der Waals surface area contributed by atoms with E-state index in [-0.39, 0.29) is 21.7 Å². The van der Waals surface area contributed by atoms with E-state index in [2.05, 4.69) is 15.9 Å². The second-order valence-electron chi connectivity index (χ2n) is 5.37. The number of hydrogen-bond donors (Lipinski definition) is 0. The lowest BCUT2D eigenvalue weighted by Gasteiger charge is -2.20. The molecule has 0 N–H and O–H groups in total. The molecule has 2 saturated carbocycles. The minimum atomic E-state index is -0.969. The Kier molecular flexibility index (Phi) is 3.00. The third kappa shape index (κ3) is 1.81. The first kappa shape index (κ1) is 12.3. The lowest BCUT2D eigenvalue weighted by Crippen LogP contribution is -2.21. The fraction of sp³-hybridized carbons (Fsp3) is 0.500. The summed E-state index contributed by atoms with van der Waals surface area (Å²) in [6.07, 6.45) is 4.35. The average molecular weight is 315 g/mol. The van der Waals surface area contributed by atoms with Gasteiger partial charge in [0, 0.05) is 11.5 Å². The molecule has 0 spiro atoms. The Balaban J connectivity index is 1.91. The summed E-state index contributed by atoms with van der Waals surface area (Å²) >= 11 is 3.00. The van der Waals surface area contributed by atoms with Gasteiger partial charge in [-0.1, -0.05) is 6.42 Å². The molecule has 3 rings (SSSR count). The van der Waals surface area contributed by atoms with E-state index in [9.17, 15) is 13.6 Å². The Morgan fingerprint density at radius 3 is 2.61 bits per heavy atom. The van der Waals surface area contributed by atoms with E-state index in [1.165, 1.54) is 12.5 Å². The summed E-state index contributed by atoms with van der Waals surface area (Å²) in [5.41, 5.74) is 0.284. The molecule has 3 unspecified atom stereocenters. The smallest absolute Gasteiger partial charge is 0.173 e. The maximum atomic E-state index is 13.5. The summed E-state index contributed by atoms with van der Waals surface area (Å²) in [5.74, 6) is -0.816. The predicted octanol–water partition coefficient (Wildman–Crippen LogP) is 4.35. The molecule has 0 saturated heterocycles. The molecule has 0 heterocycles. The van der Waals surface area contributed by atoms with Gasteiger partial charge in [0.2, 0.25) is 0 Å². The van der Waals surface area contributed by atoms with E-state index in [1.807, 2.05) is 0 Å². The molecule has 18 heavy (non-hydrogen) atoms. The monoisotopic (exact) mass is 314 g/mol. The molecule has 3 atom stereocenters. The summed E-state index contributed by atoms with van der Waals surface area (Å²) in [6, 6.07) is 2.41. The van der Waals surface area contributed by atoms with Gasteiger partial charge in [-0.3, -0.25) is 4.79 Å². The molecular weight excluding hydrogens is 302 g/mol. The van der Waals surface area contributed by atoms with Gasteiger partial charge in [0.05, 0.1) is 4.47 Å². The van der Waals surface area contributed by atoms with Gasteiger partial charge in [0.25, 0.3) is 0 Å². The number of Topliss-reactive ketones (excluding diaryl/α,β-unsaturated/α-hetero) is 1. The van der Waals surface area contributed by atoms with Gasteiger partial charge in [-0.2, -0.15) is 0 Å². The van der Waals surface area contributed by atoms with Crippen LogP contribution in [0.3, 0.4) is 0 Å². The first-order chi connectivity index (χ1) is 8.58. The number of halogens is 3. The van der Waals surface area contributed by atoms with Crippen molar-refractivity contribution in [2.24, 2.45) is 17.8 Å². The highest BCUT2D eigenvalue weighted by atomic mass is 79.9. The second kappa shape index (κ2) is 4.41. The third-order valence-electron chi connectivity index (χ3n) is 4.38. The Morgan fingerprint density at radius 2 is 2.00 bits per heavy atom. The second-order valence-corrected chi connectivity index (χ2v) is 6.16. The molecule has 2 aliphatic rings. The van der Waals surface area contributed by atoms with E-state index in [4.69, 9.17) is 0 Å². The summed E-state index contributed by atoms with van der Waals surface area (Å²) in [4.78, 5) is 12.4. The zero-order chi connectivity index (χ0) is 12.9. The SMILES string of the molecule is O=C(c1ccc(F)c(F)c1Br)C1CC2CCC1C2. The molecule has 0 aliphatic heterocycles. The van der Waals surface area contributed by atoms with Crippen molar-refractivity contribution in [2.45, 2.75) is 25.7 Å². The molecule has 1 aromatic carbocycles. The summed E-state index contributed by atoms with van der Waals surface area (Å²) in [6.45, 7) is 0. The van der Waals surface area contributed by atoms with Crippen molar-refractivity contribution in [3.8, 4) is 0 Å². The molecule has 1 nitrogen and oxygen atoms in total. The van der Waals surface area contributed by atoms with Gasteiger partial charge in [0.1, 0.15) is 0 Å². The van der Waals surface area contributed by atoms with Crippen molar-refractivity contribution in [3.63, 3.8) is 0 Å². The molecule has 0 aromatic heterocycles. The van der Waals surface area contributed by atoms with Crippen LogP contribution in [0, 0.1) is 29.4 Å². The van der Waals surface area contributed by atoms with Crippen LogP contribution in [-0.4, -0.2) is 5.78 Å². The number of carbonyl (C=O) groups is 1. The van der Waals surface area contributed by atoms with Crippen LogP contribution >= 0.6 is 15.9 Å². The zero-order valence-corrected chi connectivity index (χ0v) is 11.3. The Labute approximate surface area is 113 Å². The zero-order valence-electron chi connectivity index (χ0n) is 9.76. The van der Waals surface area contributed by atoms with Gasteiger partial charge >= 0.3 is 0 Å². The fourth-order valence-electron chi connectivity index (χ4n) is 3.48. The first-order valence-electron chi connectivity index (χ1n) is 6.25. The largest absolute Gasteiger partial charge is 0.294 e. The molecule has 2 aliphatic carbocycles. The Bertz CT molecular complexity index is 515. The van der Waals surface area contributed by atoms with Crippen molar-refractivity contribution in [3.05, 3.63) is 33.8 Å². The van der Waals surface area contributed by atoms with Gasteiger partial charge in [-0.05, 0) is 59.2 Å².